The van der Waals surface area contributed by atoms with E-state index in [9.17, 15) is 4.79 Å². The van der Waals surface area contributed by atoms with Gasteiger partial charge in [-0.2, -0.15) is 0 Å². The van der Waals surface area contributed by atoms with Crippen LogP contribution in [0.25, 0.3) is 16.9 Å². The van der Waals surface area contributed by atoms with Crippen LogP contribution in [-0.2, 0) is 7.05 Å². The van der Waals surface area contributed by atoms with E-state index in [-0.39, 0.29) is 10.7 Å². The summed E-state index contributed by atoms with van der Waals surface area (Å²) in [5, 5.41) is 8.58. The first-order valence-corrected chi connectivity index (χ1v) is 6.86. The molecule has 0 saturated carbocycles. The molecule has 0 aliphatic rings. The van der Waals surface area contributed by atoms with Gasteiger partial charge in [0.2, 0.25) is 0 Å². The Labute approximate surface area is 130 Å². The maximum Gasteiger partial charge on any atom is 0.250 e. The first kappa shape index (κ1) is 13.9. The Bertz CT molecular complexity index is 869. The van der Waals surface area contributed by atoms with Crippen molar-refractivity contribution in [3.63, 3.8) is 0 Å². The van der Waals surface area contributed by atoms with E-state index in [0.29, 0.717) is 5.02 Å². The summed E-state index contributed by atoms with van der Waals surface area (Å²) < 4.78 is 3.10. The van der Waals surface area contributed by atoms with Crippen LogP contribution in [0.5, 0.6) is 0 Å². The highest BCUT2D eigenvalue weighted by Gasteiger charge is 2.12. The van der Waals surface area contributed by atoms with Gasteiger partial charge in [0.05, 0.1) is 17.6 Å². The van der Waals surface area contributed by atoms with Gasteiger partial charge in [-0.1, -0.05) is 34.5 Å². The molecule has 0 aliphatic heterocycles. The molecule has 2 heterocycles. The molecular formula is C14H10Cl2N4O. The van der Waals surface area contributed by atoms with Crippen molar-refractivity contribution in [2.75, 3.05) is 0 Å². The second-order valence-electron chi connectivity index (χ2n) is 4.46. The zero-order valence-corrected chi connectivity index (χ0v) is 12.5. The Kier molecular flexibility index (Phi) is 3.53. The van der Waals surface area contributed by atoms with Crippen LogP contribution in [0.2, 0.25) is 10.2 Å². The Hall–Kier alpha value is -2.11. The summed E-state index contributed by atoms with van der Waals surface area (Å²) in [7, 11) is 1.71. The van der Waals surface area contributed by atoms with Gasteiger partial charge in [0.25, 0.3) is 5.56 Å². The van der Waals surface area contributed by atoms with E-state index in [2.05, 4.69) is 10.3 Å². The van der Waals surface area contributed by atoms with Crippen LogP contribution in [0.15, 0.2) is 47.4 Å². The lowest BCUT2D eigenvalue weighted by Gasteiger charge is -2.13. The zero-order valence-electron chi connectivity index (χ0n) is 11.0. The van der Waals surface area contributed by atoms with E-state index in [4.69, 9.17) is 23.2 Å². The van der Waals surface area contributed by atoms with Crippen molar-refractivity contribution in [3.05, 3.63) is 63.1 Å². The monoisotopic (exact) mass is 320 g/mol. The van der Waals surface area contributed by atoms with Gasteiger partial charge in [-0.25, -0.2) is 4.68 Å². The number of rotatable bonds is 2. The van der Waals surface area contributed by atoms with Crippen molar-refractivity contribution >= 4 is 23.2 Å². The van der Waals surface area contributed by atoms with Crippen molar-refractivity contribution in [2.45, 2.75) is 0 Å². The quantitative estimate of drug-likeness (QED) is 0.729. The van der Waals surface area contributed by atoms with Crippen LogP contribution in [0.1, 0.15) is 0 Å². The van der Waals surface area contributed by atoms with Gasteiger partial charge in [-0.05, 0) is 24.3 Å². The molecule has 0 bridgehead atoms. The van der Waals surface area contributed by atoms with Gasteiger partial charge in [-0.3, -0.25) is 4.79 Å². The van der Waals surface area contributed by atoms with E-state index in [1.54, 1.807) is 46.8 Å². The molecule has 7 heteroatoms. The van der Waals surface area contributed by atoms with E-state index < -0.39 is 0 Å². The van der Waals surface area contributed by atoms with Crippen molar-refractivity contribution in [1.29, 1.82) is 0 Å². The largest absolute Gasteiger partial charge is 0.311 e. The third kappa shape index (κ3) is 2.57. The summed E-state index contributed by atoms with van der Waals surface area (Å²) in [6.07, 6.45) is 1.59. The lowest BCUT2D eigenvalue weighted by atomic mass is 10.1. The SMILES string of the molecule is Cn1c(-c2cc(Cl)ccc2-n2cc(Cl)nn2)cccc1=O. The van der Waals surface area contributed by atoms with Crippen LogP contribution in [-0.4, -0.2) is 19.6 Å². The third-order valence-electron chi connectivity index (χ3n) is 3.13. The molecule has 0 spiro atoms. The fourth-order valence-corrected chi connectivity index (χ4v) is 2.41. The van der Waals surface area contributed by atoms with Crippen molar-refractivity contribution in [2.24, 2.45) is 7.05 Å². The molecule has 2 aromatic heterocycles. The summed E-state index contributed by atoms with van der Waals surface area (Å²) in [4.78, 5) is 11.8. The van der Waals surface area contributed by atoms with Crippen molar-refractivity contribution in [1.82, 2.24) is 19.6 Å². The van der Waals surface area contributed by atoms with Crippen LogP contribution in [0, 0.1) is 0 Å². The molecule has 0 unspecified atom stereocenters. The molecule has 0 radical (unpaired) electrons. The summed E-state index contributed by atoms with van der Waals surface area (Å²) in [5.74, 6) is 0. The normalized spacial score (nSPS) is 10.8. The molecule has 0 atom stereocenters. The Morgan fingerprint density at radius 1 is 1.14 bits per heavy atom. The molecule has 1 aromatic carbocycles. The maximum absolute atomic E-state index is 11.8. The molecule has 106 valence electrons. The average Bonchev–Trinajstić information content (AvgIpc) is 2.88. The number of halogens is 2. The predicted octanol–water partition coefficient (Wildman–Crippen LogP) is 2.94. The predicted molar refractivity (Wildman–Crippen MR) is 82.1 cm³/mol. The Morgan fingerprint density at radius 2 is 1.95 bits per heavy atom. The summed E-state index contributed by atoms with van der Waals surface area (Å²) in [6, 6.07) is 10.4. The van der Waals surface area contributed by atoms with E-state index >= 15 is 0 Å². The van der Waals surface area contributed by atoms with Gasteiger partial charge in [0.1, 0.15) is 0 Å². The van der Waals surface area contributed by atoms with Gasteiger partial charge in [-0.15, -0.1) is 5.10 Å². The molecule has 0 amide bonds. The summed E-state index contributed by atoms with van der Waals surface area (Å²) in [5.41, 5.74) is 2.13. The lowest BCUT2D eigenvalue weighted by molar-refractivity contribution is 0.800. The van der Waals surface area contributed by atoms with Crippen LogP contribution < -0.4 is 5.56 Å². The van der Waals surface area contributed by atoms with Gasteiger partial charge in [0, 0.05) is 23.7 Å². The summed E-state index contributed by atoms with van der Waals surface area (Å²) in [6.45, 7) is 0. The van der Waals surface area contributed by atoms with Crippen LogP contribution in [0.3, 0.4) is 0 Å². The molecule has 0 N–H and O–H groups in total. The minimum Gasteiger partial charge on any atom is -0.311 e. The van der Waals surface area contributed by atoms with Gasteiger partial charge >= 0.3 is 0 Å². The van der Waals surface area contributed by atoms with Crippen molar-refractivity contribution in [3.8, 4) is 16.9 Å². The highest BCUT2D eigenvalue weighted by atomic mass is 35.5. The van der Waals surface area contributed by atoms with Crippen LogP contribution >= 0.6 is 23.2 Å². The zero-order chi connectivity index (χ0) is 15.0. The molecular weight excluding hydrogens is 311 g/mol. The van der Waals surface area contributed by atoms with Gasteiger partial charge in [0.15, 0.2) is 5.15 Å². The number of hydrogen-bond acceptors (Lipinski definition) is 3. The highest BCUT2D eigenvalue weighted by Crippen LogP contribution is 2.28. The number of pyridine rings is 1. The van der Waals surface area contributed by atoms with Crippen LogP contribution in [0.4, 0.5) is 0 Å². The summed E-state index contributed by atoms with van der Waals surface area (Å²) >= 11 is 11.9. The first-order chi connectivity index (χ1) is 10.1. The molecule has 21 heavy (non-hydrogen) atoms. The van der Waals surface area contributed by atoms with E-state index in [0.717, 1.165) is 16.9 Å². The minimum absolute atomic E-state index is 0.102. The Balaban J connectivity index is 2.29. The smallest absolute Gasteiger partial charge is 0.250 e. The maximum atomic E-state index is 11.8. The standard InChI is InChI=1S/C14H10Cl2N4O/c1-19-11(3-2-4-14(19)21)10-7-9(15)5-6-12(10)20-8-13(16)17-18-20/h2-8H,1H3. The highest BCUT2D eigenvalue weighted by molar-refractivity contribution is 6.31. The second-order valence-corrected chi connectivity index (χ2v) is 5.28. The molecule has 3 aromatic rings. The Morgan fingerprint density at radius 3 is 2.67 bits per heavy atom. The van der Waals surface area contributed by atoms with E-state index in [1.165, 1.54) is 6.07 Å². The van der Waals surface area contributed by atoms with E-state index in [1.807, 2.05) is 6.07 Å². The molecule has 0 aliphatic carbocycles. The average molecular weight is 321 g/mol. The molecule has 5 nitrogen and oxygen atoms in total. The molecule has 0 fully saturated rings. The molecule has 3 rings (SSSR count). The number of benzene rings is 1. The fraction of sp³-hybridized carbons (Fsp3) is 0.0714. The molecule has 0 saturated heterocycles. The number of nitrogens with zero attached hydrogens (tertiary/aromatic N) is 4. The minimum atomic E-state index is -0.102. The van der Waals surface area contributed by atoms with Gasteiger partial charge < -0.3 is 4.57 Å². The van der Waals surface area contributed by atoms with Crippen molar-refractivity contribution < 1.29 is 0 Å². The second kappa shape index (κ2) is 5.35. The topological polar surface area (TPSA) is 52.7 Å². The first-order valence-electron chi connectivity index (χ1n) is 6.10. The lowest BCUT2D eigenvalue weighted by Crippen LogP contribution is -2.17. The number of hydrogen-bond donors (Lipinski definition) is 0. The third-order valence-corrected chi connectivity index (χ3v) is 3.54. The number of aromatic nitrogens is 4. The fourth-order valence-electron chi connectivity index (χ4n) is 2.11.